The van der Waals surface area contributed by atoms with E-state index in [0.717, 1.165) is 25.7 Å². The number of rotatable bonds is 2. The molecule has 98 valence electrons. The fraction of sp³-hybridized carbons (Fsp3) is 0.615. The number of carbonyl (C=O) groups excluding carboxylic acids is 1. The maximum atomic E-state index is 11.9. The van der Waals surface area contributed by atoms with Gasteiger partial charge in [-0.3, -0.25) is 4.79 Å². The van der Waals surface area contributed by atoms with Crippen LogP contribution in [0.4, 0.5) is 0 Å². The Morgan fingerprint density at radius 1 is 1.33 bits per heavy atom. The molecule has 1 aliphatic rings. The van der Waals surface area contributed by atoms with Crippen LogP contribution >= 0.6 is 11.6 Å². The molecular formula is C13H18ClN3O. The van der Waals surface area contributed by atoms with Crippen LogP contribution in [0.15, 0.2) is 12.4 Å². The monoisotopic (exact) mass is 267 g/mol. The van der Waals surface area contributed by atoms with Crippen LogP contribution in [0.5, 0.6) is 0 Å². The zero-order chi connectivity index (χ0) is 13.2. The lowest BCUT2D eigenvalue weighted by Gasteiger charge is -2.34. The summed E-state index contributed by atoms with van der Waals surface area (Å²) in [5.41, 5.74) is 0.727. The van der Waals surface area contributed by atoms with Crippen LogP contribution in [0.3, 0.4) is 0 Å². The van der Waals surface area contributed by atoms with Crippen molar-refractivity contribution in [3.8, 4) is 0 Å². The molecule has 18 heavy (non-hydrogen) atoms. The highest BCUT2D eigenvalue weighted by Crippen LogP contribution is 2.34. The summed E-state index contributed by atoms with van der Waals surface area (Å²) in [6.45, 7) is 4.55. The van der Waals surface area contributed by atoms with Crippen LogP contribution in [0.1, 0.15) is 50.0 Å². The first-order valence-electron chi connectivity index (χ1n) is 6.25. The predicted octanol–water partition coefficient (Wildman–Crippen LogP) is 2.83. The molecule has 1 aliphatic carbocycles. The average molecular weight is 268 g/mol. The van der Waals surface area contributed by atoms with Crippen molar-refractivity contribution in [2.75, 3.05) is 0 Å². The Morgan fingerprint density at radius 3 is 2.56 bits per heavy atom. The van der Waals surface area contributed by atoms with E-state index in [4.69, 9.17) is 11.6 Å². The molecule has 1 aromatic heterocycles. The molecule has 0 unspecified atom stereocenters. The predicted molar refractivity (Wildman–Crippen MR) is 70.5 cm³/mol. The largest absolute Gasteiger partial charge is 0.348 e. The fourth-order valence-electron chi connectivity index (χ4n) is 2.23. The summed E-state index contributed by atoms with van der Waals surface area (Å²) in [6.07, 6.45) is 7.14. The standard InChI is InChI=1S/C13H18ClN3O/c1-13(2)5-3-9(4-6-13)17-12(18)10-7-16-11(14)8-15-10/h7-9H,3-6H2,1-2H3,(H,17,18). The summed E-state index contributed by atoms with van der Waals surface area (Å²) in [4.78, 5) is 19.8. The molecule has 0 spiro atoms. The Hall–Kier alpha value is -1.16. The highest BCUT2D eigenvalue weighted by molar-refractivity contribution is 6.29. The summed E-state index contributed by atoms with van der Waals surface area (Å²) < 4.78 is 0. The zero-order valence-electron chi connectivity index (χ0n) is 10.7. The number of halogens is 1. The molecule has 2 rings (SSSR count). The first-order valence-corrected chi connectivity index (χ1v) is 6.62. The van der Waals surface area contributed by atoms with Gasteiger partial charge in [0.15, 0.2) is 0 Å². The van der Waals surface area contributed by atoms with Crippen molar-refractivity contribution >= 4 is 17.5 Å². The van der Waals surface area contributed by atoms with Gasteiger partial charge in [-0.05, 0) is 31.1 Å². The van der Waals surface area contributed by atoms with Gasteiger partial charge < -0.3 is 5.32 Å². The lowest BCUT2D eigenvalue weighted by Crippen LogP contribution is -2.39. The van der Waals surface area contributed by atoms with Gasteiger partial charge in [-0.2, -0.15) is 0 Å². The van der Waals surface area contributed by atoms with E-state index in [0.29, 0.717) is 16.3 Å². The molecule has 0 aromatic carbocycles. The minimum absolute atomic E-state index is 0.163. The molecule has 0 radical (unpaired) electrons. The van der Waals surface area contributed by atoms with Crippen molar-refractivity contribution in [2.45, 2.75) is 45.6 Å². The summed E-state index contributed by atoms with van der Waals surface area (Å²) in [6, 6.07) is 0.253. The Balaban J connectivity index is 1.90. The van der Waals surface area contributed by atoms with Crippen LogP contribution in [-0.4, -0.2) is 21.9 Å². The summed E-state index contributed by atoms with van der Waals surface area (Å²) in [7, 11) is 0. The van der Waals surface area contributed by atoms with Gasteiger partial charge in [-0.25, -0.2) is 9.97 Å². The van der Waals surface area contributed by atoms with Gasteiger partial charge >= 0.3 is 0 Å². The average Bonchev–Trinajstić information content (AvgIpc) is 2.33. The van der Waals surface area contributed by atoms with Crippen molar-refractivity contribution in [3.63, 3.8) is 0 Å². The Bertz CT molecular complexity index is 420. The summed E-state index contributed by atoms with van der Waals surface area (Å²) in [5.74, 6) is -0.163. The number of hydrogen-bond donors (Lipinski definition) is 1. The van der Waals surface area contributed by atoms with E-state index in [-0.39, 0.29) is 11.9 Å². The molecule has 0 saturated heterocycles. The van der Waals surface area contributed by atoms with E-state index in [1.165, 1.54) is 12.4 Å². The van der Waals surface area contributed by atoms with E-state index in [2.05, 4.69) is 29.1 Å². The summed E-state index contributed by atoms with van der Waals surface area (Å²) in [5, 5.41) is 3.31. The van der Waals surface area contributed by atoms with E-state index in [1.807, 2.05) is 0 Å². The summed E-state index contributed by atoms with van der Waals surface area (Å²) >= 11 is 5.63. The van der Waals surface area contributed by atoms with Crippen LogP contribution in [0.25, 0.3) is 0 Å². The highest BCUT2D eigenvalue weighted by atomic mass is 35.5. The molecule has 0 atom stereocenters. The second-order valence-electron chi connectivity index (χ2n) is 5.64. The number of aromatic nitrogens is 2. The SMILES string of the molecule is CC1(C)CCC(NC(=O)c2cnc(Cl)cn2)CC1. The number of carbonyl (C=O) groups is 1. The third-order valence-electron chi connectivity index (χ3n) is 3.53. The van der Waals surface area contributed by atoms with Gasteiger partial charge in [0, 0.05) is 6.04 Å². The Kier molecular flexibility index (Phi) is 3.85. The van der Waals surface area contributed by atoms with Gasteiger partial charge in [0.2, 0.25) is 0 Å². The van der Waals surface area contributed by atoms with Gasteiger partial charge in [0.05, 0.1) is 12.4 Å². The molecule has 0 bridgehead atoms. The van der Waals surface area contributed by atoms with Crippen molar-refractivity contribution in [1.29, 1.82) is 0 Å². The molecule has 1 amide bonds. The highest BCUT2D eigenvalue weighted by Gasteiger charge is 2.27. The molecule has 1 fully saturated rings. The maximum absolute atomic E-state index is 11.9. The first-order chi connectivity index (χ1) is 8.46. The number of nitrogens with zero attached hydrogens (tertiary/aromatic N) is 2. The van der Waals surface area contributed by atoms with Crippen LogP contribution < -0.4 is 5.32 Å². The van der Waals surface area contributed by atoms with E-state index in [9.17, 15) is 4.79 Å². The number of hydrogen-bond acceptors (Lipinski definition) is 3. The van der Waals surface area contributed by atoms with Crippen molar-refractivity contribution in [1.82, 2.24) is 15.3 Å². The van der Waals surface area contributed by atoms with Gasteiger partial charge in [0.1, 0.15) is 10.8 Å². The van der Waals surface area contributed by atoms with Gasteiger partial charge in [0.25, 0.3) is 5.91 Å². The number of amides is 1. The van der Waals surface area contributed by atoms with Gasteiger partial charge in [-0.15, -0.1) is 0 Å². The fourth-order valence-corrected chi connectivity index (χ4v) is 2.33. The molecule has 4 nitrogen and oxygen atoms in total. The van der Waals surface area contributed by atoms with Crippen molar-refractivity contribution in [3.05, 3.63) is 23.2 Å². The third-order valence-corrected chi connectivity index (χ3v) is 3.72. The molecule has 0 aliphatic heterocycles. The van der Waals surface area contributed by atoms with Crippen molar-refractivity contribution in [2.24, 2.45) is 5.41 Å². The van der Waals surface area contributed by atoms with Crippen LogP contribution in [0.2, 0.25) is 5.15 Å². The maximum Gasteiger partial charge on any atom is 0.271 e. The van der Waals surface area contributed by atoms with E-state index >= 15 is 0 Å². The third kappa shape index (κ3) is 3.42. The quantitative estimate of drug-likeness (QED) is 0.896. The second-order valence-corrected chi connectivity index (χ2v) is 6.02. The van der Waals surface area contributed by atoms with Crippen LogP contribution in [-0.2, 0) is 0 Å². The first kappa shape index (κ1) is 13.3. The minimum atomic E-state index is -0.163. The normalized spacial score (nSPS) is 19.5. The van der Waals surface area contributed by atoms with Gasteiger partial charge in [-0.1, -0.05) is 25.4 Å². The molecule has 1 N–H and O–H groups in total. The Labute approximate surface area is 112 Å². The molecule has 5 heteroatoms. The molecule has 1 aromatic rings. The molecule has 1 heterocycles. The molecule has 1 saturated carbocycles. The smallest absolute Gasteiger partial charge is 0.271 e. The van der Waals surface area contributed by atoms with E-state index in [1.54, 1.807) is 0 Å². The zero-order valence-corrected chi connectivity index (χ0v) is 11.5. The molecular weight excluding hydrogens is 250 g/mol. The topological polar surface area (TPSA) is 54.9 Å². The number of nitrogens with one attached hydrogen (secondary N) is 1. The van der Waals surface area contributed by atoms with E-state index < -0.39 is 0 Å². The Morgan fingerprint density at radius 2 is 2.00 bits per heavy atom. The lowest BCUT2D eigenvalue weighted by atomic mass is 9.75. The van der Waals surface area contributed by atoms with Crippen LogP contribution in [0, 0.1) is 5.41 Å². The van der Waals surface area contributed by atoms with Crippen molar-refractivity contribution < 1.29 is 4.79 Å². The second kappa shape index (κ2) is 5.22. The minimum Gasteiger partial charge on any atom is -0.348 e. The lowest BCUT2D eigenvalue weighted by molar-refractivity contribution is 0.0903.